The van der Waals surface area contributed by atoms with Crippen LogP contribution in [0.4, 0.5) is 4.79 Å². The van der Waals surface area contributed by atoms with Crippen molar-refractivity contribution in [2.24, 2.45) is 17.8 Å². The first-order valence-corrected chi connectivity index (χ1v) is 16.7. The van der Waals surface area contributed by atoms with Crippen molar-refractivity contribution in [3.63, 3.8) is 0 Å². The molecular weight excluding hydrogens is 594 g/mol. The smallest absolute Gasteiger partial charge is 0.408 e. The fraction of sp³-hybridized carbons (Fsp3) is 0.545. The Bertz CT molecular complexity index is 1200. The van der Waals surface area contributed by atoms with E-state index in [4.69, 9.17) is 4.74 Å². The zero-order valence-corrected chi connectivity index (χ0v) is 27.9. The standard InChI is InChI=1S/C33H49N5O6S/c1-21(2)16-26(36-31(41)27(20-45-6)37-33(43)44-19-25-14-10-11-15-34-25)28(39)17-23(5)30(40)38-29(22(3)4)32(42)35-18-24-12-8-7-9-13-24/h7-15,21-23,26-29,39H,16-20H2,1-6H3,(H,35,42)(H,36,41)(H,37,43)(H,38,40)/t23-,26+,27+,28+,29+/m1/s1. The van der Waals surface area contributed by atoms with Crippen LogP contribution < -0.4 is 21.3 Å². The molecular formula is C33H49N5O6S. The minimum atomic E-state index is -1.05. The van der Waals surface area contributed by atoms with Gasteiger partial charge in [0.2, 0.25) is 17.7 Å². The molecule has 4 amide bonds. The number of aliphatic hydroxyl groups excluding tert-OH is 1. The number of carbonyl (C=O) groups excluding carboxylic acids is 4. The molecule has 12 heteroatoms. The summed E-state index contributed by atoms with van der Waals surface area (Å²) in [5, 5.41) is 22.4. The lowest BCUT2D eigenvalue weighted by atomic mass is 9.91. The third-order valence-corrected chi connectivity index (χ3v) is 7.80. The summed E-state index contributed by atoms with van der Waals surface area (Å²) in [7, 11) is 0. The highest BCUT2D eigenvalue weighted by molar-refractivity contribution is 7.98. The van der Waals surface area contributed by atoms with E-state index < -0.39 is 42.1 Å². The van der Waals surface area contributed by atoms with E-state index in [0.717, 1.165) is 5.56 Å². The number of aromatic nitrogens is 1. The van der Waals surface area contributed by atoms with Gasteiger partial charge in [0.1, 0.15) is 18.7 Å². The number of rotatable bonds is 18. The Hall–Kier alpha value is -3.64. The molecule has 1 aromatic carbocycles. The molecule has 0 saturated carbocycles. The summed E-state index contributed by atoms with van der Waals surface area (Å²) in [4.78, 5) is 55.9. The SMILES string of the molecule is CSC[C@H](NC(=O)OCc1ccccn1)C(=O)N[C@@H](CC(C)C)[C@@H](O)C[C@@H](C)C(=O)N[C@H](C(=O)NCc1ccccc1)C(C)C. The molecule has 0 radical (unpaired) electrons. The molecule has 45 heavy (non-hydrogen) atoms. The van der Waals surface area contributed by atoms with E-state index in [-0.39, 0.29) is 42.4 Å². The van der Waals surface area contributed by atoms with Gasteiger partial charge in [0.05, 0.1) is 17.8 Å². The van der Waals surface area contributed by atoms with Crippen molar-refractivity contribution in [3.05, 3.63) is 66.0 Å². The quantitative estimate of drug-likeness (QED) is 0.165. The van der Waals surface area contributed by atoms with Gasteiger partial charge < -0.3 is 31.1 Å². The summed E-state index contributed by atoms with van der Waals surface area (Å²) in [5.41, 5.74) is 1.52. The summed E-state index contributed by atoms with van der Waals surface area (Å²) in [6, 6.07) is 12.5. The molecule has 5 atom stereocenters. The third-order valence-electron chi connectivity index (χ3n) is 7.14. The van der Waals surface area contributed by atoms with Crippen molar-refractivity contribution >= 4 is 35.6 Å². The van der Waals surface area contributed by atoms with Gasteiger partial charge in [0.25, 0.3) is 0 Å². The zero-order valence-electron chi connectivity index (χ0n) is 27.1. The Kier molecular flexibility index (Phi) is 16.4. The average Bonchev–Trinajstić information content (AvgIpc) is 3.01. The van der Waals surface area contributed by atoms with Crippen LogP contribution in [-0.2, 0) is 32.3 Å². The van der Waals surface area contributed by atoms with Gasteiger partial charge in [-0.3, -0.25) is 19.4 Å². The number of benzene rings is 1. The maximum absolute atomic E-state index is 13.3. The van der Waals surface area contributed by atoms with Crippen LogP contribution in [0.1, 0.15) is 58.7 Å². The molecule has 5 N–H and O–H groups in total. The van der Waals surface area contributed by atoms with Crippen LogP contribution in [0.25, 0.3) is 0 Å². The Labute approximate surface area is 271 Å². The van der Waals surface area contributed by atoms with E-state index in [1.165, 1.54) is 11.8 Å². The van der Waals surface area contributed by atoms with Crippen LogP contribution in [0.3, 0.4) is 0 Å². The summed E-state index contributed by atoms with van der Waals surface area (Å²) >= 11 is 1.38. The monoisotopic (exact) mass is 643 g/mol. The Balaban J connectivity index is 1.98. The predicted octanol–water partition coefficient (Wildman–Crippen LogP) is 3.41. The minimum absolute atomic E-state index is 0.0404. The van der Waals surface area contributed by atoms with E-state index >= 15 is 0 Å². The van der Waals surface area contributed by atoms with Crippen LogP contribution in [-0.4, -0.2) is 70.1 Å². The molecule has 0 aliphatic heterocycles. The van der Waals surface area contributed by atoms with Crippen molar-refractivity contribution < 1.29 is 29.0 Å². The number of aliphatic hydroxyl groups is 1. The third kappa shape index (κ3) is 13.9. The highest BCUT2D eigenvalue weighted by Crippen LogP contribution is 2.17. The first kappa shape index (κ1) is 37.5. The van der Waals surface area contributed by atoms with Crippen molar-refractivity contribution in [1.29, 1.82) is 0 Å². The summed E-state index contributed by atoms with van der Waals surface area (Å²) < 4.78 is 5.23. The van der Waals surface area contributed by atoms with Gasteiger partial charge in [-0.05, 0) is 48.6 Å². The molecule has 1 aromatic heterocycles. The van der Waals surface area contributed by atoms with Gasteiger partial charge >= 0.3 is 6.09 Å². The molecule has 0 aliphatic rings. The normalized spacial score (nSPS) is 14.5. The Morgan fingerprint density at radius 2 is 1.56 bits per heavy atom. The maximum atomic E-state index is 13.3. The topological polar surface area (TPSA) is 159 Å². The number of amides is 4. The molecule has 11 nitrogen and oxygen atoms in total. The lowest BCUT2D eigenvalue weighted by molar-refractivity contribution is -0.132. The van der Waals surface area contributed by atoms with Gasteiger partial charge in [-0.2, -0.15) is 11.8 Å². The Morgan fingerprint density at radius 3 is 2.16 bits per heavy atom. The number of ether oxygens (including phenoxy) is 1. The number of hydrogen-bond donors (Lipinski definition) is 5. The number of hydrogen-bond acceptors (Lipinski definition) is 8. The van der Waals surface area contributed by atoms with Gasteiger partial charge in [0.15, 0.2) is 0 Å². The van der Waals surface area contributed by atoms with E-state index in [9.17, 15) is 24.3 Å². The number of nitrogens with zero attached hydrogens (tertiary/aromatic N) is 1. The minimum Gasteiger partial charge on any atom is -0.443 e. The van der Waals surface area contributed by atoms with Crippen LogP contribution >= 0.6 is 11.8 Å². The molecule has 0 fully saturated rings. The number of thioether (sulfide) groups is 1. The predicted molar refractivity (Wildman–Crippen MR) is 176 cm³/mol. The molecule has 0 unspecified atom stereocenters. The first-order valence-electron chi connectivity index (χ1n) is 15.3. The lowest BCUT2D eigenvalue weighted by Crippen LogP contribution is -2.54. The van der Waals surface area contributed by atoms with E-state index in [1.807, 2.05) is 64.3 Å². The molecule has 0 bridgehead atoms. The largest absolute Gasteiger partial charge is 0.443 e. The van der Waals surface area contributed by atoms with E-state index in [0.29, 0.717) is 18.7 Å². The molecule has 248 valence electrons. The summed E-state index contributed by atoms with van der Waals surface area (Å²) in [6.07, 6.45) is 2.12. The van der Waals surface area contributed by atoms with E-state index in [1.54, 1.807) is 31.3 Å². The summed E-state index contributed by atoms with van der Waals surface area (Å²) in [6.45, 7) is 9.63. The van der Waals surface area contributed by atoms with Crippen molar-refractivity contribution in [2.75, 3.05) is 12.0 Å². The van der Waals surface area contributed by atoms with Crippen LogP contribution in [0.15, 0.2) is 54.7 Å². The molecule has 0 saturated heterocycles. The van der Waals surface area contributed by atoms with Crippen LogP contribution in [0.2, 0.25) is 0 Å². The highest BCUT2D eigenvalue weighted by Gasteiger charge is 2.31. The van der Waals surface area contributed by atoms with Gasteiger partial charge in [0, 0.05) is 24.4 Å². The van der Waals surface area contributed by atoms with Crippen LogP contribution in [0.5, 0.6) is 0 Å². The van der Waals surface area contributed by atoms with Crippen molar-refractivity contribution in [2.45, 2.75) is 84.8 Å². The Morgan fingerprint density at radius 1 is 0.867 bits per heavy atom. The number of pyridine rings is 1. The molecule has 0 spiro atoms. The maximum Gasteiger partial charge on any atom is 0.408 e. The molecule has 1 heterocycles. The number of alkyl carbamates (subject to hydrolysis) is 1. The van der Waals surface area contributed by atoms with Gasteiger partial charge in [-0.1, -0.05) is 71.0 Å². The molecule has 2 aromatic rings. The zero-order chi connectivity index (χ0) is 33.4. The fourth-order valence-corrected chi connectivity index (χ4v) is 5.19. The second-order valence-corrected chi connectivity index (χ2v) is 12.8. The molecule has 0 aliphatic carbocycles. The second-order valence-electron chi connectivity index (χ2n) is 11.9. The number of nitrogens with one attached hydrogen (secondary N) is 4. The second kappa shape index (κ2) is 19.7. The van der Waals surface area contributed by atoms with Gasteiger partial charge in [-0.25, -0.2) is 4.79 Å². The highest BCUT2D eigenvalue weighted by atomic mass is 32.2. The van der Waals surface area contributed by atoms with Crippen molar-refractivity contribution in [3.8, 4) is 0 Å². The fourth-order valence-electron chi connectivity index (χ4n) is 4.62. The number of carbonyl (C=O) groups is 4. The van der Waals surface area contributed by atoms with Gasteiger partial charge in [-0.15, -0.1) is 0 Å². The average molecular weight is 644 g/mol. The summed E-state index contributed by atoms with van der Waals surface area (Å²) in [5.74, 6) is -1.50. The van der Waals surface area contributed by atoms with Crippen molar-refractivity contribution in [1.82, 2.24) is 26.3 Å². The van der Waals surface area contributed by atoms with Crippen LogP contribution in [0, 0.1) is 17.8 Å². The van der Waals surface area contributed by atoms with E-state index in [2.05, 4.69) is 26.3 Å². The molecule has 2 rings (SSSR count). The lowest BCUT2D eigenvalue weighted by Gasteiger charge is -2.30. The first-order chi connectivity index (χ1) is 21.4.